The number of hydrogen-bond acceptors (Lipinski definition) is 1. The van der Waals surface area contributed by atoms with Gasteiger partial charge in [-0.2, -0.15) is 0 Å². The molecule has 0 amide bonds. The van der Waals surface area contributed by atoms with E-state index in [-0.39, 0.29) is 6.04 Å². The zero-order chi connectivity index (χ0) is 14.0. The molecule has 0 aliphatic heterocycles. The van der Waals surface area contributed by atoms with Gasteiger partial charge in [-0.25, -0.2) is 0 Å². The molecule has 0 radical (unpaired) electrons. The van der Waals surface area contributed by atoms with Gasteiger partial charge in [0.1, 0.15) is 0 Å². The third-order valence-electron chi connectivity index (χ3n) is 2.75. The summed E-state index contributed by atoms with van der Waals surface area (Å²) in [6.45, 7) is 0. The van der Waals surface area contributed by atoms with Gasteiger partial charge in [0, 0.05) is 16.1 Å². The second-order valence-electron chi connectivity index (χ2n) is 4.26. The molecule has 1 nitrogen and oxygen atoms in total. The number of nitrogens with two attached hydrogens (primary N) is 1. The quantitative estimate of drug-likeness (QED) is 0.783. The van der Waals surface area contributed by atoms with E-state index in [1.165, 1.54) is 0 Å². The van der Waals surface area contributed by atoms with Crippen molar-refractivity contribution in [2.45, 2.75) is 12.5 Å². The monoisotopic (exact) mass is 333 g/mol. The molecule has 0 aliphatic rings. The topological polar surface area (TPSA) is 26.0 Å². The predicted octanol–water partition coefficient (Wildman–Crippen LogP) is 5.54. The first-order valence-corrected chi connectivity index (χ1v) is 7.12. The fourth-order valence-electron chi connectivity index (χ4n) is 1.83. The van der Waals surface area contributed by atoms with Crippen LogP contribution in [0.1, 0.15) is 17.2 Å². The molecule has 1 unspecified atom stereocenters. The van der Waals surface area contributed by atoms with E-state index in [0.717, 1.165) is 11.1 Å². The smallest absolute Gasteiger partial charge is 0.0595 e. The van der Waals surface area contributed by atoms with Crippen molar-refractivity contribution in [1.29, 1.82) is 0 Å². The molecule has 100 valence electrons. The Hall–Kier alpha value is -0.440. The van der Waals surface area contributed by atoms with E-state index >= 15 is 0 Å². The SMILES string of the molecule is NC(Cc1ccc(Cl)c(Cl)c1)c1cc(Cl)cc(Cl)c1. The van der Waals surface area contributed by atoms with E-state index in [4.69, 9.17) is 52.1 Å². The van der Waals surface area contributed by atoms with Gasteiger partial charge in [-0.15, -0.1) is 0 Å². The first-order valence-electron chi connectivity index (χ1n) is 5.61. The molecule has 2 aromatic carbocycles. The summed E-state index contributed by atoms with van der Waals surface area (Å²) in [6, 6.07) is 10.6. The Morgan fingerprint density at radius 2 is 1.47 bits per heavy atom. The van der Waals surface area contributed by atoms with Crippen LogP contribution >= 0.6 is 46.4 Å². The summed E-state index contributed by atoms with van der Waals surface area (Å²) in [5.41, 5.74) is 8.06. The van der Waals surface area contributed by atoms with Gasteiger partial charge in [0.25, 0.3) is 0 Å². The van der Waals surface area contributed by atoms with Crippen LogP contribution in [0.5, 0.6) is 0 Å². The highest BCUT2D eigenvalue weighted by Crippen LogP contribution is 2.27. The van der Waals surface area contributed by atoms with Gasteiger partial charge in [-0.05, 0) is 47.9 Å². The lowest BCUT2D eigenvalue weighted by molar-refractivity contribution is 0.722. The van der Waals surface area contributed by atoms with Gasteiger partial charge < -0.3 is 5.73 Å². The zero-order valence-corrected chi connectivity index (χ0v) is 12.9. The minimum absolute atomic E-state index is 0.201. The van der Waals surface area contributed by atoms with Crippen molar-refractivity contribution < 1.29 is 0 Å². The van der Waals surface area contributed by atoms with E-state index in [0.29, 0.717) is 26.5 Å². The summed E-state index contributed by atoms with van der Waals surface area (Å²) < 4.78 is 0. The zero-order valence-electron chi connectivity index (χ0n) is 9.84. The van der Waals surface area contributed by atoms with Crippen LogP contribution in [0.3, 0.4) is 0 Å². The van der Waals surface area contributed by atoms with E-state index in [2.05, 4.69) is 0 Å². The average Bonchev–Trinajstić information content (AvgIpc) is 2.32. The molecule has 1 atom stereocenters. The normalized spacial score (nSPS) is 12.5. The van der Waals surface area contributed by atoms with Gasteiger partial charge in [0.05, 0.1) is 10.0 Å². The number of benzene rings is 2. The van der Waals surface area contributed by atoms with Crippen molar-refractivity contribution in [2.24, 2.45) is 5.73 Å². The van der Waals surface area contributed by atoms with Crippen molar-refractivity contribution in [2.75, 3.05) is 0 Å². The minimum atomic E-state index is -0.201. The lowest BCUT2D eigenvalue weighted by atomic mass is 10.00. The van der Waals surface area contributed by atoms with Crippen molar-refractivity contribution >= 4 is 46.4 Å². The largest absolute Gasteiger partial charge is 0.324 e. The lowest BCUT2D eigenvalue weighted by Gasteiger charge is -2.13. The Morgan fingerprint density at radius 1 is 0.842 bits per heavy atom. The van der Waals surface area contributed by atoms with Crippen LogP contribution in [-0.2, 0) is 6.42 Å². The molecule has 0 heterocycles. The fraction of sp³-hybridized carbons (Fsp3) is 0.143. The second kappa shape index (κ2) is 6.34. The van der Waals surface area contributed by atoms with E-state index < -0.39 is 0 Å². The highest BCUT2D eigenvalue weighted by Gasteiger charge is 2.10. The molecule has 0 aromatic heterocycles. The van der Waals surface area contributed by atoms with Crippen LogP contribution in [0.4, 0.5) is 0 Å². The Morgan fingerprint density at radius 3 is 2.05 bits per heavy atom. The van der Waals surface area contributed by atoms with Crippen molar-refractivity contribution in [3.63, 3.8) is 0 Å². The van der Waals surface area contributed by atoms with Crippen LogP contribution in [0, 0.1) is 0 Å². The first-order chi connectivity index (χ1) is 8.95. The number of rotatable bonds is 3. The molecule has 0 bridgehead atoms. The van der Waals surface area contributed by atoms with Gasteiger partial charge in [-0.3, -0.25) is 0 Å². The van der Waals surface area contributed by atoms with Crippen LogP contribution in [0.2, 0.25) is 20.1 Å². The first kappa shape index (κ1) is 15.0. The lowest BCUT2D eigenvalue weighted by Crippen LogP contribution is -2.13. The number of halogens is 4. The molecule has 19 heavy (non-hydrogen) atoms. The summed E-state index contributed by atoms with van der Waals surface area (Å²) >= 11 is 23.8. The molecule has 0 saturated carbocycles. The third kappa shape index (κ3) is 4.01. The standard InChI is InChI=1S/C14H11Cl4N/c15-10-5-9(6-11(16)7-10)14(19)4-8-1-2-12(17)13(18)3-8/h1-3,5-7,14H,4,19H2. The summed E-state index contributed by atoms with van der Waals surface area (Å²) in [6.07, 6.45) is 0.632. The van der Waals surface area contributed by atoms with Crippen molar-refractivity contribution in [3.8, 4) is 0 Å². The maximum Gasteiger partial charge on any atom is 0.0595 e. The van der Waals surface area contributed by atoms with Crippen molar-refractivity contribution in [3.05, 3.63) is 67.6 Å². The van der Waals surface area contributed by atoms with Gasteiger partial charge >= 0.3 is 0 Å². The third-order valence-corrected chi connectivity index (χ3v) is 3.93. The Bertz CT molecular complexity index is 578. The molecule has 5 heteroatoms. The fourth-order valence-corrected chi connectivity index (χ4v) is 2.69. The molecule has 2 N–H and O–H groups in total. The highest BCUT2D eigenvalue weighted by atomic mass is 35.5. The maximum atomic E-state index is 6.16. The molecular formula is C14H11Cl4N. The summed E-state index contributed by atoms with van der Waals surface area (Å²) in [4.78, 5) is 0. The van der Waals surface area contributed by atoms with Crippen LogP contribution in [0.15, 0.2) is 36.4 Å². The molecule has 0 saturated heterocycles. The van der Waals surface area contributed by atoms with Gasteiger partial charge in [0.15, 0.2) is 0 Å². The maximum absolute atomic E-state index is 6.16. The molecule has 0 fully saturated rings. The van der Waals surface area contributed by atoms with E-state index in [1.807, 2.05) is 24.3 Å². The molecular weight excluding hydrogens is 324 g/mol. The molecule has 2 aromatic rings. The van der Waals surface area contributed by atoms with E-state index in [1.54, 1.807) is 12.1 Å². The van der Waals surface area contributed by atoms with Crippen LogP contribution in [0.25, 0.3) is 0 Å². The highest BCUT2D eigenvalue weighted by molar-refractivity contribution is 6.42. The Labute approximate surface area is 132 Å². The summed E-state index contributed by atoms with van der Waals surface area (Å²) in [5.74, 6) is 0. The summed E-state index contributed by atoms with van der Waals surface area (Å²) in [5, 5.41) is 2.21. The number of hydrogen-bond donors (Lipinski definition) is 1. The molecule has 2 rings (SSSR count). The minimum Gasteiger partial charge on any atom is -0.324 e. The molecule has 0 spiro atoms. The Balaban J connectivity index is 2.20. The van der Waals surface area contributed by atoms with Crippen molar-refractivity contribution in [1.82, 2.24) is 0 Å². The van der Waals surface area contributed by atoms with Gasteiger partial charge in [-0.1, -0.05) is 52.5 Å². The summed E-state index contributed by atoms with van der Waals surface area (Å²) in [7, 11) is 0. The molecule has 0 aliphatic carbocycles. The van der Waals surface area contributed by atoms with E-state index in [9.17, 15) is 0 Å². The van der Waals surface area contributed by atoms with Crippen LogP contribution in [-0.4, -0.2) is 0 Å². The van der Waals surface area contributed by atoms with Gasteiger partial charge in [0.2, 0.25) is 0 Å². The Kier molecular flexibility index (Phi) is 4.99. The second-order valence-corrected chi connectivity index (χ2v) is 5.95. The predicted molar refractivity (Wildman–Crippen MR) is 83.6 cm³/mol. The average molecular weight is 335 g/mol. The van der Waals surface area contributed by atoms with Crippen LogP contribution < -0.4 is 5.73 Å².